The van der Waals surface area contributed by atoms with Crippen LogP contribution in [0.1, 0.15) is 26.3 Å². The van der Waals surface area contributed by atoms with Crippen LogP contribution in [-0.4, -0.2) is 18.9 Å². The van der Waals surface area contributed by atoms with E-state index in [9.17, 15) is 9.59 Å². The Morgan fingerprint density at radius 3 is 2.57 bits per heavy atom. The van der Waals surface area contributed by atoms with Gasteiger partial charge in [-0.2, -0.15) is 0 Å². The predicted molar refractivity (Wildman–Crippen MR) is 136 cm³/mol. The molecule has 2 amide bonds. The third kappa shape index (κ3) is 5.15. The van der Waals surface area contributed by atoms with Crippen molar-refractivity contribution in [3.8, 4) is 17.2 Å². The number of carbonyl (C=O) groups excluding carboxylic acids is 2. The number of benzene rings is 4. The summed E-state index contributed by atoms with van der Waals surface area (Å²) in [4.78, 5) is 27.5. The molecule has 0 aliphatic carbocycles. The quantitative estimate of drug-likeness (QED) is 0.346. The summed E-state index contributed by atoms with van der Waals surface area (Å²) in [6.45, 7) is 0.372. The fourth-order valence-electron chi connectivity index (χ4n) is 3.71. The normalized spacial score (nSPS) is 11.9. The van der Waals surface area contributed by atoms with Crippen LogP contribution < -0.4 is 20.1 Å². The average molecular weight is 483 g/mol. The van der Waals surface area contributed by atoms with Crippen LogP contribution in [0.3, 0.4) is 0 Å². The number of para-hydroxylation sites is 1. The van der Waals surface area contributed by atoms with Crippen molar-refractivity contribution in [2.45, 2.75) is 16.3 Å². The molecule has 1 aliphatic heterocycles. The minimum Gasteiger partial charge on any atom is -0.497 e. The Morgan fingerprint density at radius 2 is 1.71 bits per heavy atom. The number of amides is 2. The Hall–Kier alpha value is -4.23. The van der Waals surface area contributed by atoms with Crippen LogP contribution in [0.4, 0.5) is 5.69 Å². The molecule has 0 atom stereocenters. The molecule has 0 saturated heterocycles. The molecule has 1 aliphatic rings. The standard InChI is InChI=1S/C28H22N2O4S/c1-33-20-7-5-9-22(16-20)35-21-8-4-6-18(14-21)17-29-27(31)19-12-13-26-24(15-19)30-28(32)23-10-2-3-11-25(23)34-26/h2-16H,17H2,1H3,(H,29,31)(H,30,32). The van der Waals surface area contributed by atoms with Crippen molar-refractivity contribution >= 4 is 29.3 Å². The topological polar surface area (TPSA) is 76.7 Å². The first kappa shape index (κ1) is 22.6. The molecule has 2 N–H and O–H groups in total. The highest BCUT2D eigenvalue weighted by molar-refractivity contribution is 7.99. The molecule has 0 radical (unpaired) electrons. The average Bonchev–Trinajstić information content (AvgIpc) is 3.03. The van der Waals surface area contributed by atoms with Gasteiger partial charge in [0.15, 0.2) is 5.75 Å². The van der Waals surface area contributed by atoms with E-state index in [1.54, 1.807) is 55.3 Å². The minimum atomic E-state index is -0.276. The van der Waals surface area contributed by atoms with Gasteiger partial charge in [-0.05, 0) is 66.2 Å². The maximum absolute atomic E-state index is 12.9. The second-order valence-corrected chi connectivity index (χ2v) is 9.02. The van der Waals surface area contributed by atoms with E-state index in [1.807, 2.05) is 54.6 Å². The van der Waals surface area contributed by atoms with E-state index in [4.69, 9.17) is 9.47 Å². The van der Waals surface area contributed by atoms with E-state index in [0.29, 0.717) is 34.9 Å². The summed E-state index contributed by atoms with van der Waals surface area (Å²) < 4.78 is 11.2. The zero-order valence-electron chi connectivity index (χ0n) is 18.9. The molecule has 1 heterocycles. The number of fused-ring (bicyclic) bond motifs is 2. The van der Waals surface area contributed by atoms with Crippen molar-refractivity contribution in [2.24, 2.45) is 0 Å². The van der Waals surface area contributed by atoms with E-state index in [1.165, 1.54) is 0 Å². The van der Waals surface area contributed by atoms with Gasteiger partial charge in [0.25, 0.3) is 11.8 Å². The minimum absolute atomic E-state index is 0.241. The van der Waals surface area contributed by atoms with E-state index in [-0.39, 0.29) is 11.8 Å². The van der Waals surface area contributed by atoms with E-state index >= 15 is 0 Å². The second kappa shape index (κ2) is 9.95. The zero-order chi connectivity index (χ0) is 24.2. The number of hydrogen-bond acceptors (Lipinski definition) is 5. The van der Waals surface area contributed by atoms with Crippen molar-refractivity contribution in [1.82, 2.24) is 5.32 Å². The summed E-state index contributed by atoms with van der Waals surface area (Å²) in [5.74, 6) is 1.26. The van der Waals surface area contributed by atoms with Gasteiger partial charge in [0.2, 0.25) is 0 Å². The summed E-state index contributed by atoms with van der Waals surface area (Å²) in [5, 5.41) is 5.78. The van der Waals surface area contributed by atoms with Gasteiger partial charge in [0, 0.05) is 21.9 Å². The van der Waals surface area contributed by atoms with Crippen LogP contribution in [0.15, 0.2) is 101 Å². The number of carbonyl (C=O) groups is 2. The molecule has 174 valence electrons. The van der Waals surface area contributed by atoms with Crippen LogP contribution >= 0.6 is 11.8 Å². The third-order valence-electron chi connectivity index (χ3n) is 5.47. The van der Waals surface area contributed by atoms with Gasteiger partial charge in [-0.25, -0.2) is 0 Å². The lowest BCUT2D eigenvalue weighted by Crippen LogP contribution is -2.23. The van der Waals surface area contributed by atoms with Gasteiger partial charge in [-0.3, -0.25) is 9.59 Å². The fraction of sp³-hybridized carbons (Fsp3) is 0.0714. The Kier molecular flexibility index (Phi) is 6.41. The number of ether oxygens (including phenoxy) is 2. The number of nitrogens with one attached hydrogen (secondary N) is 2. The van der Waals surface area contributed by atoms with Crippen molar-refractivity contribution < 1.29 is 19.1 Å². The molecule has 0 aromatic heterocycles. The summed E-state index contributed by atoms with van der Waals surface area (Å²) in [7, 11) is 1.65. The molecule has 6 nitrogen and oxygen atoms in total. The SMILES string of the molecule is COc1cccc(Sc2cccc(CNC(=O)c3ccc4c(c3)NC(=O)c3ccccc3O4)c2)c1. The number of methoxy groups -OCH3 is 1. The first-order chi connectivity index (χ1) is 17.1. The molecule has 0 unspecified atom stereocenters. The first-order valence-corrected chi connectivity index (χ1v) is 11.8. The molecule has 4 aromatic carbocycles. The highest BCUT2D eigenvalue weighted by atomic mass is 32.2. The molecular weight excluding hydrogens is 460 g/mol. The maximum atomic E-state index is 12.9. The van der Waals surface area contributed by atoms with Crippen molar-refractivity contribution in [3.63, 3.8) is 0 Å². The molecule has 4 aromatic rings. The summed E-state index contributed by atoms with van der Waals surface area (Å²) in [5.41, 5.74) is 2.31. The largest absolute Gasteiger partial charge is 0.497 e. The Bertz CT molecular complexity index is 1420. The van der Waals surface area contributed by atoms with Crippen LogP contribution in [0.5, 0.6) is 17.2 Å². The fourth-order valence-corrected chi connectivity index (χ4v) is 4.66. The monoisotopic (exact) mass is 482 g/mol. The molecule has 35 heavy (non-hydrogen) atoms. The van der Waals surface area contributed by atoms with E-state index < -0.39 is 0 Å². The van der Waals surface area contributed by atoms with Gasteiger partial charge < -0.3 is 20.1 Å². The van der Waals surface area contributed by atoms with Gasteiger partial charge in [0.05, 0.1) is 18.4 Å². The van der Waals surface area contributed by atoms with Crippen LogP contribution in [-0.2, 0) is 6.54 Å². The maximum Gasteiger partial charge on any atom is 0.259 e. The molecule has 0 fully saturated rings. The van der Waals surface area contributed by atoms with Crippen molar-refractivity contribution in [3.05, 3.63) is 108 Å². The number of hydrogen-bond donors (Lipinski definition) is 2. The van der Waals surface area contributed by atoms with Crippen LogP contribution in [0, 0.1) is 0 Å². The van der Waals surface area contributed by atoms with Gasteiger partial charge in [-0.15, -0.1) is 0 Å². The molecule has 0 saturated carbocycles. The molecular formula is C28H22N2O4S. The van der Waals surface area contributed by atoms with Crippen molar-refractivity contribution in [2.75, 3.05) is 12.4 Å². The molecule has 7 heteroatoms. The number of rotatable bonds is 6. The lowest BCUT2D eigenvalue weighted by atomic mass is 10.1. The second-order valence-electron chi connectivity index (χ2n) is 7.87. The molecule has 0 bridgehead atoms. The highest BCUT2D eigenvalue weighted by Crippen LogP contribution is 2.36. The molecule has 0 spiro atoms. The van der Waals surface area contributed by atoms with E-state index in [0.717, 1.165) is 21.1 Å². The lowest BCUT2D eigenvalue weighted by molar-refractivity contribution is 0.0949. The Morgan fingerprint density at radius 1 is 0.914 bits per heavy atom. The van der Waals surface area contributed by atoms with Crippen LogP contribution in [0.25, 0.3) is 0 Å². The van der Waals surface area contributed by atoms with E-state index in [2.05, 4.69) is 10.6 Å². The molecule has 5 rings (SSSR count). The summed E-state index contributed by atoms with van der Waals surface area (Å²) >= 11 is 1.63. The van der Waals surface area contributed by atoms with Gasteiger partial charge >= 0.3 is 0 Å². The summed E-state index contributed by atoms with van der Waals surface area (Å²) in [6, 6.07) is 27.9. The summed E-state index contributed by atoms with van der Waals surface area (Å²) in [6.07, 6.45) is 0. The van der Waals surface area contributed by atoms with Crippen molar-refractivity contribution in [1.29, 1.82) is 0 Å². The number of anilines is 1. The lowest BCUT2D eigenvalue weighted by Gasteiger charge is -2.11. The van der Waals surface area contributed by atoms with Crippen LogP contribution in [0.2, 0.25) is 0 Å². The highest BCUT2D eigenvalue weighted by Gasteiger charge is 2.21. The third-order valence-corrected chi connectivity index (χ3v) is 6.45. The predicted octanol–water partition coefficient (Wildman–Crippen LogP) is 6.13. The van der Waals surface area contributed by atoms with Gasteiger partial charge in [0.1, 0.15) is 11.5 Å². The zero-order valence-corrected chi connectivity index (χ0v) is 19.7. The smallest absolute Gasteiger partial charge is 0.259 e. The first-order valence-electron chi connectivity index (χ1n) is 11.0. The Balaban J connectivity index is 1.26. The Labute approximate surface area is 207 Å². The van der Waals surface area contributed by atoms with Gasteiger partial charge in [-0.1, -0.05) is 42.1 Å².